The Morgan fingerprint density at radius 2 is 2.00 bits per heavy atom. The van der Waals surface area contributed by atoms with E-state index in [1.165, 1.54) is 0 Å². The molecule has 0 fully saturated rings. The summed E-state index contributed by atoms with van der Waals surface area (Å²) in [6.07, 6.45) is 0.866. The van der Waals surface area contributed by atoms with Gasteiger partial charge < -0.3 is 5.43 Å². The molecule has 0 aliphatic heterocycles. The third-order valence-corrected chi connectivity index (χ3v) is 1.79. The van der Waals surface area contributed by atoms with E-state index in [1.807, 2.05) is 30.3 Å². The number of hydrogen-bond acceptors (Lipinski definition) is 2. The molecule has 76 valence electrons. The predicted octanol–water partition coefficient (Wildman–Crippen LogP) is 2.23. The molecule has 1 aromatic carbocycles. The van der Waals surface area contributed by atoms with Crippen molar-refractivity contribution in [2.75, 3.05) is 0 Å². The molecule has 0 unspecified atom stereocenters. The summed E-state index contributed by atoms with van der Waals surface area (Å²) in [6, 6.07) is 9.80. The topological polar surface area (TPSA) is 50.4 Å². The van der Waals surface area contributed by atoms with Gasteiger partial charge in [0.1, 0.15) is 5.84 Å². The Labute approximate surface area is 85.0 Å². The van der Waals surface area contributed by atoms with Gasteiger partial charge in [0.2, 0.25) is 0 Å². The van der Waals surface area contributed by atoms with Gasteiger partial charge in [-0.25, -0.2) is 10.8 Å². The zero-order chi connectivity index (χ0) is 10.4. The molecule has 0 saturated heterocycles. The maximum Gasteiger partial charge on any atom is 0.116 e. The van der Waals surface area contributed by atoms with Crippen LogP contribution >= 0.6 is 0 Å². The lowest BCUT2D eigenvalue weighted by molar-refractivity contribution is 0.670. The fourth-order valence-corrected chi connectivity index (χ4v) is 1.18. The van der Waals surface area contributed by atoms with Crippen LogP contribution in [0.2, 0.25) is 0 Å². The number of para-hydroxylation sites is 1. The van der Waals surface area contributed by atoms with E-state index < -0.39 is 0 Å². The van der Waals surface area contributed by atoms with E-state index in [0.29, 0.717) is 5.92 Å². The summed E-state index contributed by atoms with van der Waals surface area (Å²) < 4.78 is 0. The van der Waals surface area contributed by atoms with Gasteiger partial charge in [0.05, 0.1) is 5.69 Å². The van der Waals surface area contributed by atoms with Gasteiger partial charge in [0.15, 0.2) is 0 Å². The second-order valence-corrected chi connectivity index (χ2v) is 3.64. The van der Waals surface area contributed by atoms with Gasteiger partial charge in [-0.05, 0) is 18.1 Å². The first kappa shape index (κ1) is 10.7. The highest BCUT2D eigenvalue weighted by molar-refractivity contribution is 5.84. The van der Waals surface area contributed by atoms with E-state index in [-0.39, 0.29) is 0 Å². The molecule has 3 nitrogen and oxygen atoms in total. The third-order valence-electron chi connectivity index (χ3n) is 1.79. The fraction of sp³-hybridized carbons (Fsp3) is 0.364. The molecule has 3 N–H and O–H groups in total. The molecule has 0 aliphatic carbocycles. The van der Waals surface area contributed by atoms with Crippen LogP contribution in [-0.4, -0.2) is 5.84 Å². The van der Waals surface area contributed by atoms with Crippen molar-refractivity contribution in [3.63, 3.8) is 0 Å². The highest BCUT2D eigenvalue weighted by Crippen LogP contribution is 2.11. The summed E-state index contributed by atoms with van der Waals surface area (Å²) in [5, 5.41) is 0. The van der Waals surface area contributed by atoms with Crippen molar-refractivity contribution in [2.45, 2.75) is 20.3 Å². The summed E-state index contributed by atoms with van der Waals surface area (Å²) in [5.41, 5.74) is 3.56. The van der Waals surface area contributed by atoms with Gasteiger partial charge in [0.25, 0.3) is 0 Å². The van der Waals surface area contributed by atoms with E-state index in [9.17, 15) is 0 Å². The normalized spacial score (nSPS) is 11.9. The van der Waals surface area contributed by atoms with E-state index in [4.69, 9.17) is 5.84 Å². The Hall–Kier alpha value is -1.35. The number of nitrogens with two attached hydrogens (primary N) is 1. The highest BCUT2D eigenvalue weighted by atomic mass is 15.2. The van der Waals surface area contributed by atoms with Crippen LogP contribution in [0, 0.1) is 5.92 Å². The molecule has 0 atom stereocenters. The minimum atomic E-state index is 0.550. The van der Waals surface area contributed by atoms with Crippen LogP contribution in [0.1, 0.15) is 20.3 Å². The molecule has 0 spiro atoms. The monoisotopic (exact) mass is 191 g/mol. The first-order valence-electron chi connectivity index (χ1n) is 4.81. The summed E-state index contributed by atoms with van der Waals surface area (Å²) >= 11 is 0. The number of amidine groups is 1. The first-order chi connectivity index (χ1) is 6.72. The second kappa shape index (κ2) is 5.40. The summed E-state index contributed by atoms with van der Waals surface area (Å²) in [7, 11) is 0. The van der Waals surface area contributed by atoms with Crippen molar-refractivity contribution in [1.82, 2.24) is 5.43 Å². The first-order valence-corrected chi connectivity index (χ1v) is 4.81. The Morgan fingerprint density at radius 1 is 1.36 bits per heavy atom. The quantitative estimate of drug-likeness (QED) is 0.333. The van der Waals surface area contributed by atoms with E-state index >= 15 is 0 Å². The predicted molar refractivity (Wildman–Crippen MR) is 60.3 cm³/mol. The number of nitrogens with one attached hydrogen (secondary N) is 1. The molecule has 0 saturated carbocycles. The third kappa shape index (κ3) is 3.58. The Morgan fingerprint density at radius 3 is 2.50 bits per heavy atom. The fourth-order valence-electron chi connectivity index (χ4n) is 1.18. The molecule has 3 heteroatoms. The number of hydrazine groups is 1. The lowest BCUT2D eigenvalue weighted by atomic mass is 10.1. The molecule has 0 radical (unpaired) electrons. The number of nitrogens with zero attached hydrogens (tertiary/aromatic N) is 1. The zero-order valence-corrected chi connectivity index (χ0v) is 8.70. The lowest BCUT2D eigenvalue weighted by Gasteiger charge is -2.07. The molecule has 1 rings (SSSR count). The Bertz CT molecular complexity index is 291. The van der Waals surface area contributed by atoms with Crippen LogP contribution in [0.5, 0.6) is 0 Å². The van der Waals surface area contributed by atoms with Crippen molar-refractivity contribution >= 4 is 11.5 Å². The number of hydrogen-bond donors (Lipinski definition) is 2. The minimum Gasteiger partial charge on any atom is -0.312 e. The molecule has 0 bridgehead atoms. The maximum absolute atomic E-state index is 5.39. The van der Waals surface area contributed by atoms with Crippen molar-refractivity contribution in [3.05, 3.63) is 30.3 Å². The number of rotatable bonds is 3. The summed E-state index contributed by atoms with van der Waals surface area (Å²) in [5.74, 6) is 6.76. The van der Waals surface area contributed by atoms with E-state index in [1.54, 1.807) is 0 Å². The Balaban J connectivity index is 2.73. The van der Waals surface area contributed by atoms with Crippen molar-refractivity contribution in [2.24, 2.45) is 16.8 Å². The minimum absolute atomic E-state index is 0.550. The average molecular weight is 191 g/mol. The largest absolute Gasteiger partial charge is 0.312 e. The van der Waals surface area contributed by atoms with E-state index in [2.05, 4.69) is 24.3 Å². The van der Waals surface area contributed by atoms with Gasteiger partial charge in [-0.15, -0.1) is 0 Å². The van der Waals surface area contributed by atoms with Crippen LogP contribution in [-0.2, 0) is 0 Å². The summed E-state index contributed by atoms with van der Waals surface area (Å²) in [4.78, 5) is 4.40. The number of aliphatic imine (C=N–C) groups is 1. The van der Waals surface area contributed by atoms with Crippen molar-refractivity contribution in [3.8, 4) is 0 Å². The van der Waals surface area contributed by atoms with Gasteiger partial charge >= 0.3 is 0 Å². The van der Waals surface area contributed by atoms with Gasteiger partial charge in [-0.2, -0.15) is 0 Å². The van der Waals surface area contributed by atoms with Crippen LogP contribution in [0.3, 0.4) is 0 Å². The molecule has 0 amide bonds. The molecular weight excluding hydrogens is 174 g/mol. The molecule has 14 heavy (non-hydrogen) atoms. The molecule has 0 aliphatic rings. The standard InChI is InChI=1S/C11H17N3/c1-9(2)8-11(14-12)13-10-6-4-3-5-7-10/h3-7,9H,8,12H2,1-2H3,(H,13,14). The van der Waals surface area contributed by atoms with Gasteiger partial charge in [-0.3, -0.25) is 0 Å². The van der Waals surface area contributed by atoms with Crippen molar-refractivity contribution < 1.29 is 0 Å². The Kier molecular flexibility index (Phi) is 4.13. The van der Waals surface area contributed by atoms with Crippen LogP contribution in [0.25, 0.3) is 0 Å². The maximum atomic E-state index is 5.39. The lowest BCUT2D eigenvalue weighted by Crippen LogP contribution is -2.31. The smallest absolute Gasteiger partial charge is 0.116 e. The summed E-state index contributed by atoms with van der Waals surface area (Å²) in [6.45, 7) is 4.27. The molecule has 0 heterocycles. The van der Waals surface area contributed by atoms with Crippen LogP contribution < -0.4 is 11.3 Å². The highest BCUT2D eigenvalue weighted by Gasteiger charge is 2.00. The molecule has 1 aromatic rings. The van der Waals surface area contributed by atoms with Gasteiger partial charge in [0, 0.05) is 6.42 Å². The SMILES string of the molecule is CC(C)CC(=Nc1ccccc1)NN. The van der Waals surface area contributed by atoms with Crippen LogP contribution in [0.4, 0.5) is 5.69 Å². The number of benzene rings is 1. The average Bonchev–Trinajstić information content (AvgIpc) is 2.17. The molecule has 0 aromatic heterocycles. The van der Waals surface area contributed by atoms with Crippen molar-refractivity contribution in [1.29, 1.82) is 0 Å². The van der Waals surface area contributed by atoms with Crippen LogP contribution in [0.15, 0.2) is 35.3 Å². The second-order valence-electron chi connectivity index (χ2n) is 3.64. The molecular formula is C11H17N3. The van der Waals surface area contributed by atoms with Gasteiger partial charge in [-0.1, -0.05) is 32.0 Å². The zero-order valence-electron chi connectivity index (χ0n) is 8.70. The van der Waals surface area contributed by atoms with E-state index in [0.717, 1.165) is 17.9 Å².